The maximum Gasteiger partial charge on any atom is 0.335 e. The first-order valence-corrected chi connectivity index (χ1v) is 30.4. The Morgan fingerprint density at radius 3 is 1.90 bits per heavy atom. The zero-order valence-corrected chi connectivity index (χ0v) is 51.3. The second-order valence-electron chi connectivity index (χ2n) is 27.6. The molecule has 4 saturated heterocycles. The summed E-state index contributed by atoms with van der Waals surface area (Å²) in [6.07, 6.45) is -34.1. The molecule has 0 aromatic heterocycles. The number of carbonyl (C=O) groups excluding carboxylic acids is 3. The molecule has 28 heteroatoms. The third-order valence-corrected chi connectivity index (χ3v) is 22.5. The van der Waals surface area contributed by atoms with Crippen LogP contribution in [0.5, 0.6) is 0 Å². The fourth-order valence-corrected chi connectivity index (χ4v) is 17.3. The molecule has 9 aliphatic rings. The second kappa shape index (κ2) is 25.5. The van der Waals surface area contributed by atoms with Crippen LogP contribution in [0, 0.1) is 50.2 Å². The Bertz CT molecular complexity index is 2620. The third kappa shape index (κ3) is 11.2. The summed E-state index contributed by atoms with van der Waals surface area (Å²) in [5.41, 5.74) is -4.88. The number of aliphatic hydroxyl groups is 12. The number of esters is 3. The monoisotopic (exact) mass is 1260 g/mol. The van der Waals surface area contributed by atoms with Gasteiger partial charge in [-0.15, -0.1) is 0 Å². The average Bonchev–Trinajstić information content (AvgIpc) is 0.681. The summed E-state index contributed by atoms with van der Waals surface area (Å²) in [7, 11) is 1.20. The van der Waals surface area contributed by atoms with Crippen LogP contribution in [-0.4, -0.2) is 259 Å². The van der Waals surface area contributed by atoms with E-state index in [4.69, 9.17) is 52.1 Å². The number of carboxylic acids is 1. The van der Waals surface area contributed by atoms with E-state index in [9.17, 15) is 85.6 Å². The Labute approximate surface area is 509 Å². The maximum atomic E-state index is 15.0. The fraction of sp³-hybridized carbons (Fsp3) is 0.867. The lowest BCUT2D eigenvalue weighted by atomic mass is 9.33. The summed E-state index contributed by atoms with van der Waals surface area (Å²) in [5.74, 6) is -5.21. The molecule has 0 amide bonds. The number of rotatable bonds is 15. The van der Waals surface area contributed by atoms with Crippen molar-refractivity contribution in [1.29, 1.82) is 0 Å². The minimum absolute atomic E-state index is 0.0385. The molecule has 0 unspecified atom stereocenters. The Balaban J connectivity index is 1.07. The molecule has 88 heavy (non-hydrogen) atoms. The number of aliphatic carboxylic acids is 1. The molecule has 13 N–H and O–H groups in total. The molecule has 0 radical (unpaired) electrons. The molecule has 9 rings (SSSR count). The van der Waals surface area contributed by atoms with Crippen molar-refractivity contribution in [3.63, 3.8) is 0 Å². The Morgan fingerprint density at radius 2 is 1.28 bits per heavy atom. The van der Waals surface area contributed by atoms with Gasteiger partial charge < -0.3 is 118 Å². The van der Waals surface area contributed by atoms with Crippen LogP contribution < -0.4 is 0 Å². The van der Waals surface area contributed by atoms with E-state index >= 15 is 0 Å². The van der Waals surface area contributed by atoms with Crippen molar-refractivity contribution in [2.75, 3.05) is 33.5 Å². The van der Waals surface area contributed by atoms with Crippen molar-refractivity contribution < 1.29 is 138 Å². The molecule has 8 fully saturated rings. The molecule has 5 aliphatic carbocycles. The van der Waals surface area contributed by atoms with Gasteiger partial charge >= 0.3 is 23.9 Å². The van der Waals surface area contributed by atoms with Gasteiger partial charge in [0.1, 0.15) is 91.6 Å². The predicted molar refractivity (Wildman–Crippen MR) is 295 cm³/mol. The molecular weight excluding hydrogens is 1170 g/mol. The summed E-state index contributed by atoms with van der Waals surface area (Å²) in [4.78, 5) is 54.7. The molecule has 0 spiro atoms. The highest BCUT2D eigenvalue weighted by molar-refractivity contribution is 5.88. The van der Waals surface area contributed by atoms with Crippen LogP contribution in [0.3, 0.4) is 0 Å². The first-order valence-electron chi connectivity index (χ1n) is 30.4. The maximum absolute atomic E-state index is 15.0. The van der Waals surface area contributed by atoms with E-state index in [1.807, 2.05) is 13.8 Å². The molecule has 4 heterocycles. The van der Waals surface area contributed by atoms with Crippen molar-refractivity contribution >= 4 is 23.9 Å². The summed E-state index contributed by atoms with van der Waals surface area (Å²) in [5, 5.41) is 144. The normalized spacial score (nSPS) is 50.2. The topological polar surface area (TPSA) is 433 Å². The highest BCUT2D eigenvalue weighted by atomic mass is 16.8. The fourth-order valence-electron chi connectivity index (χ4n) is 17.3. The van der Waals surface area contributed by atoms with Gasteiger partial charge in [0.15, 0.2) is 31.3 Å². The number of carboxylic acid groups (broad SMARTS) is 1. The van der Waals surface area contributed by atoms with Gasteiger partial charge in [-0.25, -0.2) is 9.59 Å². The molecule has 30 atom stereocenters. The molecule has 0 bridgehead atoms. The van der Waals surface area contributed by atoms with Gasteiger partial charge in [0.2, 0.25) is 0 Å². The minimum atomic E-state index is -2.31. The van der Waals surface area contributed by atoms with Crippen LogP contribution in [0.1, 0.15) is 107 Å². The molecule has 4 aliphatic heterocycles. The van der Waals surface area contributed by atoms with Crippen LogP contribution in [0.2, 0.25) is 0 Å². The van der Waals surface area contributed by atoms with Gasteiger partial charge in [0, 0.05) is 17.9 Å². The zero-order valence-electron chi connectivity index (χ0n) is 51.3. The van der Waals surface area contributed by atoms with E-state index in [-0.39, 0.29) is 18.8 Å². The minimum Gasteiger partial charge on any atom is -0.479 e. The van der Waals surface area contributed by atoms with Gasteiger partial charge in [-0.05, 0) is 99.7 Å². The van der Waals surface area contributed by atoms with E-state index in [0.29, 0.717) is 37.7 Å². The molecule has 28 nitrogen and oxygen atoms in total. The Hall–Kier alpha value is -3.44. The zero-order chi connectivity index (χ0) is 64.9. The van der Waals surface area contributed by atoms with E-state index in [0.717, 1.165) is 5.57 Å². The lowest BCUT2D eigenvalue weighted by Crippen LogP contribution is -2.73. The first kappa shape index (κ1) is 68.9. The molecule has 4 saturated carbocycles. The van der Waals surface area contributed by atoms with Crippen LogP contribution in [-0.2, 0) is 71.3 Å². The summed E-state index contributed by atoms with van der Waals surface area (Å²) in [6.45, 7) is 13.6. The number of methoxy groups -OCH3 is 1. The number of fused-ring (bicyclic) bond motifs is 7. The lowest BCUT2D eigenvalue weighted by molar-refractivity contribution is -0.399. The van der Waals surface area contributed by atoms with Crippen LogP contribution in [0.25, 0.3) is 0 Å². The Kier molecular flexibility index (Phi) is 19.9. The lowest BCUT2D eigenvalue weighted by Gasteiger charge is -2.72. The number of hydrogen-bond donors (Lipinski definition) is 13. The predicted octanol–water partition coefficient (Wildman–Crippen LogP) is -2.04. The van der Waals surface area contributed by atoms with Crippen LogP contribution in [0.4, 0.5) is 0 Å². The molecule has 0 aromatic rings. The summed E-state index contributed by atoms with van der Waals surface area (Å²) in [6, 6.07) is 0. The molecular formula is C60H92O28. The van der Waals surface area contributed by atoms with Gasteiger partial charge in [-0.1, -0.05) is 52.3 Å². The molecule has 0 aromatic carbocycles. The number of ether oxygens (including phenoxy) is 11. The van der Waals surface area contributed by atoms with Crippen molar-refractivity contribution in [2.24, 2.45) is 50.2 Å². The number of carbonyl (C=O) groups is 4. The SMILES string of the molecule is C/C=C(/C)C(=O)O[C@H]1[C@H](OC(C)=O)[C@]2(CO)[C@H](O)C[C@]3(C)C(=CC[C@H]4[C@@]5(C)CC[C@H](O[C@@H]6O[C@H](C(=O)O)[C@@H](O)[C@H](O[C@@H]7OC[C@H](O)[C@H](O)[C@H]7O[C@@H]7OC[C@@H](O)[C@H](O)[C@H]7O)[C@H]6O[C@@H]6O[C@H](CO)[C@H](O)[C@H](O)[C@H]6O)[C@@](C)(C(=O)OC)[C@@H]5CC[C@]43C)[C@@H]2CC1(C)C. The number of allylic oxidation sites excluding steroid dienone is 3. The van der Waals surface area contributed by atoms with E-state index < -0.39 is 230 Å². The van der Waals surface area contributed by atoms with Crippen molar-refractivity contribution in [3.8, 4) is 0 Å². The third-order valence-electron chi connectivity index (χ3n) is 22.5. The summed E-state index contributed by atoms with van der Waals surface area (Å²) >= 11 is 0. The standard InChI is InChI=1S/C60H92O28/c1-11-24(2)49(76)88-46-47(81-25(3)63)60(23-62)27(18-55(46,4)5)26-12-13-31-56(6)16-15-34(59(9,54(77)78-10)32(56)14-17-57(31,7)58(26,8)19-33(60)66)83-53-45(87-51-40(72)38(70)37(69)30(20-61)82-51)42(41(73)43(85-53)48(74)75)84-52-44(36(68)29(65)22-80-52)86-50-39(71)35(67)28(64)21-79-50/h11-12,27-47,50-53,61-62,64-73H,13-23H2,1-10H3,(H,74,75)/b24-11-/t27-,28+,29-,30+,31-,32+,33+,34-,35-,36-,37-,38-,39+,40+,41-,42-,43-,44+,45+,46-,47-,50-,51-,52-,53+,56+,57+,58+,59-,60-/m0/s1. The Morgan fingerprint density at radius 1 is 0.659 bits per heavy atom. The average molecular weight is 1260 g/mol. The molecule has 500 valence electrons. The smallest absolute Gasteiger partial charge is 0.335 e. The van der Waals surface area contributed by atoms with Crippen molar-refractivity contribution in [3.05, 3.63) is 23.3 Å². The summed E-state index contributed by atoms with van der Waals surface area (Å²) < 4.78 is 66.3. The van der Waals surface area contributed by atoms with Gasteiger partial charge in [-0.3, -0.25) is 9.59 Å². The van der Waals surface area contributed by atoms with E-state index in [1.165, 1.54) is 14.0 Å². The highest BCUT2D eigenvalue weighted by Crippen LogP contribution is 2.76. The highest BCUT2D eigenvalue weighted by Gasteiger charge is 2.75. The van der Waals surface area contributed by atoms with Crippen molar-refractivity contribution in [1.82, 2.24) is 0 Å². The largest absolute Gasteiger partial charge is 0.479 e. The number of aliphatic hydroxyl groups excluding tert-OH is 12. The van der Waals surface area contributed by atoms with Crippen LogP contribution in [0.15, 0.2) is 23.3 Å². The van der Waals surface area contributed by atoms with E-state index in [1.54, 1.807) is 26.8 Å². The van der Waals surface area contributed by atoms with E-state index in [2.05, 4.69) is 26.8 Å². The van der Waals surface area contributed by atoms with Crippen LogP contribution >= 0.6 is 0 Å². The van der Waals surface area contributed by atoms with Crippen molar-refractivity contribution in [2.45, 2.75) is 242 Å². The second-order valence-corrected chi connectivity index (χ2v) is 27.6. The first-order chi connectivity index (χ1) is 41.2. The number of hydrogen-bond acceptors (Lipinski definition) is 27. The van der Waals surface area contributed by atoms with Gasteiger partial charge in [0.25, 0.3) is 0 Å². The quantitative estimate of drug-likeness (QED) is 0.0276. The van der Waals surface area contributed by atoms with Gasteiger partial charge in [0.05, 0.1) is 56.6 Å². The van der Waals surface area contributed by atoms with Gasteiger partial charge in [-0.2, -0.15) is 0 Å².